The van der Waals surface area contributed by atoms with Crippen LogP contribution in [0.15, 0.2) is 63.1 Å². The molecule has 4 aromatic heterocycles. The van der Waals surface area contributed by atoms with E-state index in [9.17, 15) is 76.3 Å². The number of alkyl halides is 4. The first-order valence-corrected chi connectivity index (χ1v) is 21.4. The first-order valence-electron chi connectivity index (χ1n) is 24.4. The average molecular weight is 1110 g/mol. The standard InChI is InChI=1S/4C10H13FN2O6/c4*11-10(4-15)1-6(16)8(19-10)13-2-5(3-14)7(17)12-9(13)18/h4*2,6,8,14-16H,1,3-4H2,(H,12,17,18)/t4*6-,8-,10+/m1111/s1/i4D2,8D;8D;4D2;. The molecular formula is C40H52F4N8O24. The van der Waals surface area contributed by atoms with Gasteiger partial charge in [0.25, 0.3) is 22.2 Å². The molecule has 0 bridgehead atoms. The Hall–Kier alpha value is -6.20. The van der Waals surface area contributed by atoms with Crippen LogP contribution >= 0.6 is 0 Å². The fraction of sp³-hybridized carbons (Fsp3) is 0.600. The van der Waals surface area contributed by atoms with Crippen molar-refractivity contribution in [1.29, 1.82) is 0 Å². The topological polar surface area (TPSA) is 499 Å². The summed E-state index contributed by atoms with van der Waals surface area (Å²) in [5.74, 6) is -11.8. The van der Waals surface area contributed by atoms with Crippen LogP contribution in [-0.2, 0) is 45.4 Å². The number of aliphatic hydroxyl groups excluding tert-OH is 10. The molecule has 0 spiro atoms. The van der Waals surface area contributed by atoms with Crippen molar-refractivity contribution < 1.29 is 106 Å². The third kappa shape index (κ3) is 13.5. The lowest BCUT2D eigenvalue weighted by Gasteiger charge is -2.19. The monoisotopic (exact) mass is 1110 g/mol. The Balaban J connectivity index is 0.000000201. The van der Waals surface area contributed by atoms with E-state index in [-0.39, 0.29) is 22.3 Å². The van der Waals surface area contributed by atoms with Gasteiger partial charge in [-0.3, -0.25) is 57.4 Å². The van der Waals surface area contributed by atoms with Gasteiger partial charge >= 0.3 is 22.8 Å². The van der Waals surface area contributed by atoms with Crippen molar-refractivity contribution >= 4 is 0 Å². The Bertz CT molecular complexity index is 3470. The number of ether oxygens (including phenoxy) is 4. The Morgan fingerprint density at radius 2 is 0.697 bits per heavy atom. The van der Waals surface area contributed by atoms with Crippen molar-refractivity contribution in [3.8, 4) is 0 Å². The van der Waals surface area contributed by atoms with Crippen LogP contribution in [0.4, 0.5) is 17.6 Å². The zero-order valence-electron chi connectivity index (χ0n) is 44.4. The molecule has 0 unspecified atom stereocenters. The number of rotatable bonds is 12. The number of hydrogen-bond donors (Lipinski definition) is 16. The van der Waals surface area contributed by atoms with E-state index in [2.05, 4.69) is 14.2 Å². The molecule has 0 radical (unpaired) electrons. The first kappa shape index (κ1) is 51.9. The molecule has 76 heavy (non-hydrogen) atoms. The molecule has 8 rings (SSSR count). The number of aromatic amines is 4. The van der Waals surface area contributed by atoms with Crippen LogP contribution in [0.3, 0.4) is 0 Å². The number of aromatic nitrogens is 8. The second kappa shape index (κ2) is 24.4. The van der Waals surface area contributed by atoms with E-state index in [0.29, 0.717) is 19.9 Å². The van der Waals surface area contributed by atoms with E-state index in [4.69, 9.17) is 53.8 Å². The molecule has 32 nitrogen and oxygen atoms in total. The molecule has 8 heterocycles. The lowest BCUT2D eigenvalue weighted by Crippen LogP contribution is -2.37. The second-order valence-electron chi connectivity index (χ2n) is 16.5. The molecule has 36 heteroatoms. The largest absolute Gasteiger partial charge is 0.391 e. The van der Waals surface area contributed by atoms with Crippen molar-refractivity contribution in [2.75, 3.05) is 26.3 Å². The third-order valence-electron chi connectivity index (χ3n) is 11.0. The number of aliphatic hydroxyl groups is 12. The van der Waals surface area contributed by atoms with Gasteiger partial charge in [-0.1, -0.05) is 0 Å². The summed E-state index contributed by atoms with van der Waals surface area (Å²) in [7, 11) is 0. The van der Waals surface area contributed by atoms with Crippen LogP contribution in [0, 0.1) is 0 Å². The molecule has 0 saturated carbocycles. The lowest BCUT2D eigenvalue weighted by molar-refractivity contribution is -0.181. The fourth-order valence-electron chi connectivity index (χ4n) is 7.20. The van der Waals surface area contributed by atoms with Crippen LogP contribution in [0.1, 0.15) is 81.0 Å². The van der Waals surface area contributed by atoms with Crippen LogP contribution in [0.2, 0.25) is 0 Å². The Morgan fingerprint density at radius 1 is 0.447 bits per heavy atom. The summed E-state index contributed by atoms with van der Waals surface area (Å²) in [5.41, 5.74) is -8.69. The van der Waals surface area contributed by atoms with Gasteiger partial charge in [0.2, 0.25) is 23.4 Å². The number of nitrogens with one attached hydrogen (secondary N) is 4. The van der Waals surface area contributed by atoms with Crippen molar-refractivity contribution in [1.82, 2.24) is 38.2 Å². The zero-order chi connectivity index (χ0) is 62.3. The first-order chi connectivity index (χ1) is 37.7. The van der Waals surface area contributed by atoms with E-state index in [0.717, 1.165) is 23.2 Å². The van der Waals surface area contributed by atoms with Crippen LogP contribution in [0.5, 0.6) is 0 Å². The van der Waals surface area contributed by atoms with Gasteiger partial charge in [0.05, 0.1) is 56.9 Å². The summed E-state index contributed by atoms with van der Waals surface area (Å²) in [4.78, 5) is 99.2. The van der Waals surface area contributed by atoms with E-state index < -0.39 is 196 Å². The maximum atomic E-state index is 14.3. The minimum atomic E-state index is -3.54. The zero-order valence-corrected chi connectivity index (χ0v) is 38.4. The average Bonchev–Trinajstić information content (AvgIpc) is 3.92. The molecule has 4 aromatic rings. The summed E-state index contributed by atoms with van der Waals surface area (Å²) in [6.45, 7) is -11.9. The molecule has 12 atom stereocenters. The maximum absolute atomic E-state index is 14.3. The van der Waals surface area contributed by atoms with E-state index in [1.54, 1.807) is 4.98 Å². The lowest BCUT2D eigenvalue weighted by atomic mass is 10.2. The van der Waals surface area contributed by atoms with Gasteiger partial charge in [-0.2, -0.15) is 0 Å². The third-order valence-corrected chi connectivity index (χ3v) is 11.0. The van der Waals surface area contributed by atoms with Gasteiger partial charge in [0, 0.05) is 50.5 Å². The summed E-state index contributed by atoms with van der Waals surface area (Å²) in [5, 5.41) is 111. The molecular weight excluding hydrogens is 1050 g/mol. The van der Waals surface area contributed by atoms with Gasteiger partial charge in [-0.15, -0.1) is 0 Å². The molecule has 16 N–H and O–H groups in total. The Labute approximate surface area is 425 Å². The number of nitrogens with zero attached hydrogens (tertiary/aromatic N) is 4. The molecule has 4 fully saturated rings. The van der Waals surface area contributed by atoms with Gasteiger partial charge < -0.3 is 80.2 Å². The van der Waals surface area contributed by atoms with Crippen LogP contribution in [-0.4, -0.2) is 174 Å². The van der Waals surface area contributed by atoms with Crippen molar-refractivity contribution in [3.05, 3.63) is 130 Å². The van der Waals surface area contributed by atoms with E-state index in [1.807, 2.05) is 15.0 Å². The molecule has 0 aliphatic carbocycles. The summed E-state index contributed by atoms with van der Waals surface area (Å²) >= 11 is 0. The Kier molecular flexibility index (Phi) is 16.7. The number of halogens is 4. The van der Waals surface area contributed by atoms with E-state index >= 15 is 0 Å². The number of hydrogen-bond acceptors (Lipinski definition) is 24. The highest BCUT2D eigenvalue weighted by Crippen LogP contribution is 2.40. The maximum Gasteiger partial charge on any atom is 0.330 e. The molecule has 4 aliphatic rings. The molecule has 0 amide bonds. The predicted molar refractivity (Wildman–Crippen MR) is 236 cm³/mol. The fourth-order valence-corrected chi connectivity index (χ4v) is 7.20. The van der Waals surface area contributed by atoms with E-state index in [1.165, 1.54) is 0 Å². The van der Waals surface area contributed by atoms with Crippen molar-refractivity contribution in [2.24, 2.45) is 0 Å². The van der Waals surface area contributed by atoms with Gasteiger partial charge in [-0.05, 0) is 0 Å². The molecule has 0 aromatic carbocycles. The summed E-state index contributed by atoms with van der Waals surface area (Å²) in [6, 6.07) is 0. The highest BCUT2D eigenvalue weighted by atomic mass is 19.2. The van der Waals surface area contributed by atoms with Crippen LogP contribution in [0.25, 0.3) is 0 Å². The van der Waals surface area contributed by atoms with Crippen LogP contribution < -0.4 is 45.0 Å². The van der Waals surface area contributed by atoms with Gasteiger partial charge in [0.15, 0.2) is 24.9 Å². The quantitative estimate of drug-likeness (QED) is 0.0586. The number of H-pyrrole nitrogens is 4. The minimum absolute atomic E-state index is 0.129. The molecule has 4 saturated heterocycles. The van der Waals surface area contributed by atoms with Crippen molar-refractivity contribution in [3.63, 3.8) is 0 Å². The SMILES string of the molecule is O=c1[nH]c(=O)n([C@@H]2O[C@](F)(CO)C[C@H]2O)cc1CO.[2H]C([2H])(O)[C@]1(F)C[C@@H](O)[C@H](n2cc(CO)c(=O)[nH]c2=O)O1.[2H]C([2H])(O)[C@]1(F)C[C@@H](O)[C@]([2H])(n2cc(CO)c(=O)[nH]c2=O)O1.[2H][C@@]1(n2cc(CO)c(=O)[nH]c2=O)O[C@](F)(CO)C[C@H]1O. The van der Waals surface area contributed by atoms with Gasteiger partial charge in [-0.25, -0.2) is 36.7 Å². The highest BCUT2D eigenvalue weighted by molar-refractivity contribution is 5.07. The summed E-state index contributed by atoms with van der Waals surface area (Å²) in [6.07, 6.45) is -15.1. The minimum Gasteiger partial charge on any atom is -0.391 e. The van der Waals surface area contributed by atoms with Crippen molar-refractivity contribution in [2.45, 2.75) is 125 Å². The highest BCUT2D eigenvalue weighted by Gasteiger charge is 2.50. The predicted octanol–water partition coefficient (Wildman–Crippen LogP) is -8.13. The Morgan fingerprint density at radius 3 is 0.974 bits per heavy atom. The molecule has 4 aliphatic heterocycles. The summed E-state index contributed by atoms with van der Waals surface area (Å²) < 4.78 is 121. The normalized spacial score (nSPS) is 34.2. The smallest absolute Gasteiger partial charge is 0.330 e. The second-order valence-corrected chi connectivity index (χ2v) is 16.5. The molecule has 424 valence electrons. The van der Waals surface area contributed by atoms with Gasteiger partial charge in [0.1, 0.15) is 50.7 Å².